The molecule has 8 nitrogen and oxygen atoms in total. The molecule has 2 aliphatic rings. The first-order valence-corrected chi connectivity index (χ1v) is 11.6. The summed E-state index contributed by atoms with van der Waals surface area (Å²) < 4.78 is 50.6. The second kappa shape index (κ2) is 11.7. The highest BCUT2D eigenvalue weighted by atomic mass is 19.4. The first-order valence-electron chi connectivity index (χ1n) is 11.6. The molecular weight excluding hydrogens is 465 g/mol. The lowest BCUT2D eigenvalue weighted by atomic mass is 9.78. The van der Waals surface area contributed by atoms with Crippen LogP contribution in [0.4, 0.5) is 18.9 Å². The number of alkyl halides is 3. The van der Waals surface area contributed by atoms with Gasteiger partial charge in [0.05, 0.1) is 36.3 Å². The average Bonchev–Trinajstić information content (AvgIpc) is 3.30. The molecule has 1 aromatic rings. The molecule has 2 heterocycles. The van der Waals surface area contributed by atoms with Gasteiger partial charge in [-0.05, 0) is 42.9 Å². The maximum atomic E-state index is 13.5. The number of methoxy groups -OCH3 is 1. The molecule has 2 fully saturated rings. The number of nitriles is 1. The quantitative estimate of drug-likeness (QED) is 0.555. The molecule has 2 atom stereocenters. The smallest absolute Gasteiger partial charge is 0.382 e. The minimum absolute atomic E-state index is 0.00761. The second-order valence-corrected chi connectivity index (χ2v) is 8.89. The van der Waals surface area contributed by atoms with Gasteiger partial charge in [-0.2, -0.15) is 18.4 Å². The minimum Gasteiger partial charge on any atom is -0.382 e. The van der Waals surface area contributed by atoms with Crippen LogP contribution in [0.2, 0.25) is 0 Å². The van der Waals surface area contributed by atoms with E-state index >= 15 is 0 Å². The maximum absolute atomic E-state index is 13.5. The van der Waals surface area contributed by atoms with E-state index in [1.807, 2.05) is 0 Å². The lowest BCUT2D eigenvalue weighted by Crippen LogP contribution is -2.44. The molecule has 0 aliphatic carbocycles. The van der Waals surface area contributed by atoms with Gasteiger partial charge in [0.2, 0.25) is 11.8 Å². The third-order valence-corrected chi connectivity index (χ3v) is 6.90. The van der Waals surface area contributed by atoms with Crippen molar-refractivity contribution in [2.45, 2.75) is 19.0 Å². The summed E-state index contributed by atoms with van der Waals surface area (Å²) >= 11 is 0. The number of amides is 2. The topological polar surface area (TPSA) is 94.9 Å². The number of nitrogens with zero attached hydrogens (tertiary/aromatic N) is 3. The number of carbonyl (C=O) groups excluding carboxylic acids is 2. The molecule has 35 heavy (non-hydrogen) atoms. The Kier molecular flexibility index (Phi) is 8.97. The number of rotatable bonds is 8. The van der Waals surface area contributed by atoms with Gasteiger partial charge in [0.1, 0.15) is 6.61 Å². The summed E-state index contributed by atoms with van der Waals surface area (Å²) in [5, 5.41) is 11.8. The van der Waals surface area contributed by atoms with Gasteiger partial charge in [-0.15, -0.1) is 0 Å². The van der Waals surface area contributed by atoms with Gasteiger partial charge in [-0.25, -0.2) is 0 Å². The van der Waals surface area contributed by atoms with Gasteiger partial charge in [0.25, 0.3) is 0 Å². The fourth-order valence-corrected chi connectivity index (χ4v) is 5.01. The van der Waals surface area contributed by atoms with E-state index in [0.29, 0.717) is 57.9 Å². The summed E-state index contributed by atoms with van der Waals surface area (Å²) in [5.74, 6) is -0.522. The zero-order valence-corrected chi connectivity index (χ0v) is 19.9. The van der Waals surface area contributed by atoms with Crippen LogP contribution in [0, 0.1) is 29.1 Å². The Morgan fingerprint density at radius 1 is 1.20 bits per heavy atom. The number of benzene rings is 1. The highest BCUT2D eigenvalue weighted by molar-refractivity contribution is 5.80. The van der Waals surface area contributed by atoms with Crippen LogP contribution in [0.15, 0.2) is 18.2 Å². The van der Waals surface area contributed by atoms with Crippen LogP contribution < -0.4 is 10.2 Å². The van der Waals surface area contributed by atoms with Gasteiger partial charge < -0.3 is 24.6 Å². The fraction of sp³-hybridized carbons (Fsp3) is 0.625. The van der Waals surface area contributed by atoms with Crippen molar-refractivity contribution in [2.24, 2.45) is 17.8 Å². The molecule has 0 radical (unpaired) electrons. The van der Waals surface area contributed by atoms with E-state index in [1.54, 1.807) is 30.0 Å². The summed E-state index contributed by atoms with van der Waals surface area (Å²) in [7, 11) is 3.11. The Bertz CT molecular complexity index is 942. The molecule has 0 aromatic heterocycles. The Morgan fingerprint density at radius 3 is 2.51 bits per heavy atom. The number of ether oxygens (including phenoxy) is 2. The number of hydrogen-bond donors (Lipinski definition) is 1. The van der Waals surface area contributed by atoms with Crippen LogP contribution in [0.3, 0.4) is 0 Å². The highest BCUT2D eigenvalue weighted by Gasteiger charge is 2.43. The van der Waals surface area contributed by atoms with Gasteiger partial charge in [0, 0.05) is 46.0 Å². The molecule has 0 bridgehead atoms. The lowest BCUT2D eigenvalue weighted by molar-refractivity contribution is -0.139. The number of halogens is 3. The Hall–Kier alpha value is -2.84. The Balaban J connectivity index is 1.69. The Labute approximate surface area is 202 Å². The van der Waals surface area contributed by atoms with Crippen LogP contribution in [0.5, 0.6) is 0 Å². The van der Waals surface area contributed by atoms with Crippen molar-refractivity contribution < 1.29 is 32.2 Å². The van der Waals surface area contributed by atoms with Gasteiger partial charge in [-0.3, -0.25) is 9.59 Å². The minimum atomic E-state index is -4.65. The van der Waals surface area contributed by atoms with E-state index in [4.69, 9.17) is 14.7 Å². The van der Waals surface area contributed by atoms with Crippen molar-refractivity contribution in [3.05, 3.63) is 29.3 Å². The first-order chi connectivity index (χ1) is 16.7. The van der Waals surface area contributed by atoms with Gasteiger partial charge in [0.15, 0.2) is 0 Å². The van der Waals surface area contributed by atoms with Gasteiger partial charge >= 0.3 is 6.18 Å². The monoisotopic (exact) mass is 496 g/mol. The number of carbonyl (C=O) groups is 2. The summed E-state index contributed by atoms with van der Waals surface area (Å²) in [6, 6.07) is 5.27. The predicted octanol–water partition coefficient (Wildman–Crippen LogP) is 2.28. The molecule has 1 N–H and O–H groups in total. The van der Waals surface area contributed by atoms with E-state index in [-0.39, 0.29) is 36.2 Å². The SMILES string of the molecule is CNC(=O)[C@@H]1CN(c2ccc(C#N)c(C(F)(F)F)c2)C[C@H]1C1CCN(C(=O)COCCOC)CC1. The third-order valence-electron chi connectivity index (χ3n) is 6.90. The van der Waals surface area contributed by atoms with Crippen molar-refractivity contribution >= 4 is 17.5 Å². The second-order valence-electron chi connectivity index (χ2n) is 8.89. The summed E-state index contributed by atoms with van der Waals surface area (Å²) in [4.78, 5) is 28.6. The van der Waals surface area contributed by atoms with Crippen LogP contribution in [0.25, 0.3) is 0 Å². The van der Waals surface area contributed by atoms with Crippen molar-refractivity contribution in [3.8, 4) is 6.07 Å². The zero-order valence-electron chi connectivity index (χ0n) is 19.9. The molecule has 192 valence electrons. The Morgan fingerprint density at radius 2 is 1.91 bits per heavy atom. The van der Waals surface area contributed by atoms with Crippen molar-refractivity contribution in [3.63, 3.8) is 0 Å². The van der Waals surface area contributed by atoms with Crippen LogP contribution in [-0.4, -0.2) is 76.9 Å². The molecule has 2 aliphatic heterocycles. The van der Waals surface area contributed by atoms with E-state index in [2.05, 4.69) is 5.32 Å². The normalized spacial score (nSPS) is 21.1. The summed E-state index contributed by atoms with van der Waals surface area (Å²) in [6.07, 6.45) is -3.24. The van der Waals surface area contributed by atoms with Gasteiger partial charge in [-0.1, -0.05) is 0 Å². The largest absolute Gasteiger partial charge is 0.417 e. The average molecular weight is 497 g/mol. The fourth-order valence-electron chi connectivity index (χ4n) is 5.01. The number of hydrogen-bond acceptors (Lipinski definition) is 6. The van der Waals surface area contributed by atoms with E-state index in [1.165, 1.54) is 12.1 Å². The number of likely N-dealkylation sites (tertiary alicyclic amines) is 1. The zero-order chi connectivity index (χ0) is 25.6. The van der Waals surface area contributed by atoms with Crippen LogP contribution in [-0.2, 0) is 25.2 Å². The van der Waals surface area contributed by atoms with Crippen LogP contribution >= 0.6 is 0 Å². The molecule has 1 aromatic carbocycles. The number of nitrogens with one attached hydrogen (secondary N) is 1. The third kappa shape index (κ3) is 6.44. The standard InChI is InChI=1S/C24H31F3N4O4/c1-29-23(33)20-14-31(18-4-3-17(12-28)21(11-18)24(25,26)27)13-19(20)16-5-7-30(8-6-16)22(32)15-35-10-9-34-2/h3-4,11,16,19-20H,5-10,13-15H2,1-2H3,(H,29,33)/t19-,20+/m0/s1. The summed E-state index contributed by atoms with van der Waals surface area (Å²) in [5.41, 5.74) is -1.06. The summed E-state index contributed by atoms with van der Waals surface area (Å²) in [6.45, 7) is 2.56. The predicted molar refractivity (Wildman–Crippen MR) is 121 cm³/mol. The molecule has 0 spiro atoms. The molecule has 3 rings (SSSR count). The van der Waals surface area contributed by atoms with E-state index in [9.17, 15) is 22.8 Å². The molecule has 2 amide bonds. The number of anilines is 1. The van der Waals surface area contributed by atoms with Crippen molar-refractivity contribution in [1.82, 2.24) is 10.2 Å². The van der Waals surface area contributed by atoms with Crippen LogP contribution in [0.1, 0.15) is 24.0 Å². The molecule has 0 saturated carbocycles. The number of piperidine rings is 1. The van der Waals surface area contributed by atoms with E-state index < -0.39 is 17.3 Å². The van der Waals surface area contributed by atoms with Crippen molar-refractivity contribution in [1.29, 1.82) is 5.26 Å². The van der Waals surface area contributed by atoms with Crippen molar-refractivity contribution in [2.75, 3.05) is 65.1 Å². The molecule has 2 saturated heterocycles. The highest BCUT2D eigenvalue weighted by Crippen LogP contribution is 2.40. The molecular formula is C24H31F3N4O4. The molecule has 0 unspecified atom stereocenters. The lowest BCUT2D eigenvalue weighted by Gasteiger charge is -2.36. The van der Waals surface area contributed by atoms with E-state index in [0.717, 1.165) is 6.07 Å². The first kappa shape index (κ1) is 26.8. The molecule has 11 heteroatoms. The maximum Gasteiger partial charge on any atom is 0.417 e.